The van der Waals surface area contributed by atoms with Crippen molar-refractivity contribution in [2.75, 3.05) is 0 Å². The predicted molar refractivity (Wildman–Crippen MR) is 69.0 cm³/mol. The molecular formula is C13H11ClN2O. The van der Waals surface area contributed by atoms with E-state index in [1.54, 1.807) is 18.2 Å². The predicted octanol–water partition coefficient (Wildman–Crippen LogP) is 3.42. The second-order valence-corrected chi connectivity index (χ2v) is 3.88. The average molecular weight is 247 g/mol. The number of ether oxygens (including phenoxy) is 1. The van der Waals surface area contributed by atoms with Crippen LogP contribution < -0.4 is 10.5 Å². The Morgan fingerprint density at radius 2 is 1.82 bits per heavy atom. The van der Waals surface area contributed by atoms with E-state index < -0.39 is 0 Å². The molecule has 0 atom stereocenters. The maximum Gasteiger partial charge on any atom is 0.146 e. The van der Waals surface area contributed by atoms with E-state index in [2.05, 4.69) is 0 Å². The number of hydrogen-bond donors (Lipinski definition) is 2. The Hall–Kier alpha value is -2.00. The van der Waals surface area contributed by atoms with Crippen molar-refractivity contribution in [3.63, 3.8) is 0 Å². The summed E-state index contributed by atoms with van der Waals surface area (Å²) >= 11 is 6.05. The summed E-state index contributed by atoms with van der Waals surface area (Å²) in [6.07, 6.45) is 0. The van der Waals surface area contributed by atoms with Crippen molar-refractivity contribution in [2.24, 2.45) is 5.73 Å². The largest absolute Gasteiger partial charge is 0.456 e. The Kier molecular flexibility index (Phi) is 3.30. The van der Waals surface area contributed by atoms with Crippen LogP contribution in [0.1, 0.15) is 5.56 Å². The zero-order chi connectivity index (χ0) is 12.3. The van der Waals surface area contributed by atoms with Crippen molar-refractivity contribution >= 4 is 17.4 Å². The molecule has 0 fully saturated rings. The average Bonchev–Trinajstić information content (AvgIpc) is 2.33. The van der Waals surface area contributed by atoms with Gasteiger partial charge in [0.05, 0.1) is 5.02 Å². The quantitative estimate of drug-likeness (QED) is 0.644. The molecule has 0 aromatic heterocycles. The maximum absolute atomic E-state index is 7.30. The summed E-state index contributed by atoms with van der Waals surface area (Å²) in [5.74, 6) is 1.24. The van der Waals surface area contributed by atoms with Crippen molar-refractivity contribution < 1.29 is 4.74 Å². The number of nitrogens with two attached hydrogens (primary N) is 1. The van der Waals surface area contributed by atoms with E-state index >= 15 is 0 Å². The van der Waals surface area contributed by atoms with Gasteiger partial charge < -0.3 is 10.5 Å². The summed E-state index contributed by atoms with van der Waals surface area (Å²) in [5, 5.41) is 7.73. The van der Waals surface area contributed by atoms with Crippen LogP contribution in [0.2, 0.25) is 5.02 Å². The van der Waals surface area contributed by atoms with Gasteiger partial charge in [-0.1, -0.05) is 29.8 Å². The van der Waals surface area contributed by atoms with E-state index in [4.69, 9.17) is 27.5 Å². The number of hydrogen-bond acceptors (Lipinski definition) is 2. The Morgan fingerprint density at radius 1 is 1.12 bits per heavy atom. The van der Waals surface area contributed by atoms with E-state index in [9.17, 15) is 0 Å². The smallest absolute Gasteiger partial charge is 0.146 e. The van der Waals surface area contributed by atoms with Gasteiger partial charge in [0, 0.05) is 5.56 Å². The van der Waals surface area contributed by atoms with Crippen LogP contribution >= 0.6 is 11.6 Å². The molecule has 86 valence electrons. The molecule has 0 aliphatic rings. The van der Waals surface area contributed by atoms with Crippen LogP contribution in [0.25, 0.3) is 0 Å². The first-order valence-electron chi connectivity index (χ1n) is 5.03. The summed E-state index contributed by atoms with van der Waals surface area (Å²) in [6, 6.07) is 14.4. The third-order valence-electron chi connectivity index (χ3n) is 2.21. The van der Waals surface area contributed by atoms with Gasteiger partial charge in [-0.05, 0) is 30.3 Å². The molecule has 0 saturated heterocycles. The molecule has 0 radical (unpaired) electrons. The monoisotopic (exact) mass is 246 g/mol. The van der Waals surface area contributed by atoms with E-state index in [0.29, 0.717) is 22.1 Å². The fourth-order valence-electron chi connectivity index (χ4n) is 1.37. The Balaban J connectivity index is 2.26. The van der Waals surface area contributed by atoms with Crippen molar-refractivity contribution in [1.82, 2.24) is 0 Å². The third kappa shape index (κ3) is 2.77. The van der Waals surface area contributed by atoms with Gasteiger partial charge in [-0.3, -0.25) is 5.41 Å². The van der Waals surface area contributed by atoms with E-state index in [1.165, 1.54) is 0 Å². The molecule has 0 aliphatic carbocycles. The number of amidine groups is 1. The van der Waals surface area contributed by atoms with Crippen LogP contribution in [0.3, 0.4) is 0 Å². The number of benzene rings is 2. The number of nitrogen functional groups attached to an aromatic ring is 1. The standard InChI is InChI=1S/C13H11ClN2O/c14-11-8-9(13(15)16)6-7-12(11)17-10-4-2-1-3-5-10/h1-8H,(H3,15,16). The van der Waals surface area contributed by atoms with Crippen LogP contribution in [0, 0.1) is 5.41 Å². The van der Waals surface area contributed by atoms with Gasteiger partial charge in [-0.15, -0.1) is 0 Å². The van der Waals surface area contributed by atoms with Gasteiger partial charge >= 0.3 is 0 Å². The second kappa shape index (κ2) is 4.89. The summed E-state index contributed by atoms with van der Waals surface area (Å²) in [6.45, 7) is 0. The summed E-state index contributed by atoms with van der Waals surface area (Å²) < 4.78 is 5.60. The molecule has 0 aliphatic heterocycles. The minimum absolute atomic E-state index is 0.0156. The van der Waals surface area contributed by atoms with Crippen LogP contribution in [0.5, 0.6) is 11.5 Å². The maximum atomic E-state index is 7.30. The molecule has 0 spiro atoms. The highest BCUT2D eigenvalue weighted by Gasteiger charge is 2.05. The van der Waals surface area contributed by atoms with Gasteiger partial charge in [0.2, 0.25) is 0 Å². The van der Waals surface area contributed by atoms with Gasteiger partial charge in [-0.2, -0.15) is 0 Å². The van der Waals surface area contributed by atoms with Crippen LogP contribution in [-0.2, 0) is 0 Å². The van der Waals surface area contributed by atoms with Crippen LogP contribution in [0.4, 0.5) is 0 Å². The van der Waals surface area contributed by atoms with Crippen LogP contribution in [-0.4, -0.2) is 5.84 Å². The summed E-state index contributed by atoms with van der Waals surface area (Å²) in [7, 11) is 0. The van der Waals surface area contributed by atoms with Crippen molar-refractivity contribution in [2.45, 2.75) is 0 Å². The van der Waals surface area contributed by atoms with Crippen molar-refractivity contribution in [3.8, 4) is 11.5 Å². The van der Waals surface area contributed by atoms with Gasteiger partial charge in [0.15, 0.2) is 0 Å². The van der Waals surface area contributed by atoms with E-state index in [0.717, 1.165) is 0 Å². The zero-order valence-electron chi connectivity index (χ0n) is 8.98. The van der Waals surface area contributed by atoms with Gasteiger partial charge in [0.1, 0.15) is 17.3 Å². The minimum atomic E-state index is -0.0156. The number of nitrogens with one attached hydrogen (secondary N) is 1. The number of rotatable bonds is 3. The summed E-state index contributed by atoms with van der Waals surface area (Å²) in [4.78, 5) is 0. The molecule has 0 bridgehead atoms. The first-order chi connectivity index (χ1) is 8.16. The molecular weight excluding hydrogens is 236 g/mol. The number of para-hydroxylation sites is 1. The molecule has 3 nitrogen and oxygen atoms in total. The Labute approximate surface area is 104 Å². The Morgan fingerprint density at radius 3 is 2.41 bits per heavy atom. The van der Waals surface area contributed by atoms with Crippen molar-refractivity contribution in [1.29, 1.82) is 5.41 Å². The van der Waals surface area contributed by atoms with E-state index in [1.807, 2.05) is 30.3 Å². The van der Waals surface area contributed by atoms with Crippen molar-refractivity contribution in [3.05, 3.63) is 59.1 Å². The molecule has 17 heavy (non-hydrogen) atoms. The Bertz CT molecular complexity index is 540. The first-order valence-corrected chi connectivity index (χ1v) is 5.41. The molecule has 3 N–H and O–H groups in total. The summed E-state index contributed by atoms with van der Waals surface area (Å²) in [5.41, 5.74) is 5.95. The van der Waals surface area contributed by atoms with Gasteiger partial charge in [0.25, 0.3) is 0 Å². The molecule has 2 aromatic carbocycles. The molecule has 0 unspecified atom stereocenters. The topological polar surface area (TPSA) is 59.1 Å². The lowest BCUT2D eigenvalue weighted by Crippen LogP contribution is -2.10. The molecule has 2 aromatic rings. The fourth-order valence-corrected chi connectivity index (χ4v) is 1.59. The lowest BCUT2D eigenvalue weighted by molar-refractivity contribution is 0.483. The molecule has 0 heterocycles. The second-order valence-electron chi connectivity index (χ2n) is 3.47. The van der Waals surface area contributed by atoms with E-state index in [-0.39, 0.29) is 5.84 Å². The highest BCUT2D eigenvalue weighted by atomic mass is 35.5. The minimum Gasteiger partial charge on any atom is -0.456 e. The molecule has 0 amide bonds. The first kappa shape index (κ1) is 11.5. The van der Waals surface area contributed by atoms with Crippen LogP contribution in [0.15, 0.2) is 48.5 Å². The molecule has 0 saturated carbocycles. The SMILES string of the molecule is N=C(N)c1ccc(Oc2ccccc2)c(Cl)c1. The normalized spacial score (nSPS) is 9.94. The third-order valence-corrected chi connectivity index (χ3v) is 2.51. The number of halogens is 1. The lowest BCUT2D eigenvalue weighted by Gasteiger charge is -2.08. The fraction of sp³-hybridized carbons (Fsp3) is 0. The van der Waals surface area contributed by atoms with Gasteiger partial charge in [-0.25, -0.2) is 0 Å². The highest BCUT2D eigenvalue weighted by Crippen LogP contribution is 2.29. The molecule has 4 heteroatoms. The highest BCUT2D eigenvalue weighted by molar-refractivity contribution is 6.32. The lowest BCUT2D eigenvalue weighted by atomic mass is 10.2. The zero-order valence-corrected chi connectivity index (χ0v) is 9.74. The molecule has 2 rings (SSSR count).